The Bertz CT molecular complexity index is 698. The van der Waals surface area contributed by atoms with E-state index >= 15 is 0 Å². The maximum atomic E-state index is 12.6. The summed E-state index contributed by atoms with van der Waals surface area (Å²) in [5.74, 6) is 0.260. The van der Waals surface area contributed by atoms with Crippen molar-refractivity contribution >= 4 is 40.9 Å². The summed E-state index contributed by atoms with van der Waals surface area (Å²) < 4.78 is 5.26. The first-order valence-corrected chi connectivity index (χ1v) is 10.3. The maximum absolute atomic E-state index is 12.6. The number of ether oxygens (including phenoxy) is 1. The quantitative estimate of drug-likeness (QED) is 0.719. The molecule has 1 heterocycles. The molecule has 0 aromatic heterocycles. The van der Waals surface area contributed by atoms with Crippen LogP contribution in [0.1, 0.15) is 40.5 Å². The average Bonchev–Trinajstić information content (AvgIpc) is 2.62. The Balaban J connectivity index is 1.78. The first-order valence-electron chi connectivity index (χ1n) is 9.52. The highest BCUT2D eigenvalue weighted by molar-refractivity contribution is 6.44. The number of carbonyl (C=O) groups is 2. The first kappa shape index (κ1) is 22.8. The van der Waals surface area contributed by atoms with E-state index in [1.54, 1.807) is 18.2 Å². The summed E-state index contributed by atoms with van der Waals surface area (Å²) in [7, 11) is 0. The normalized spacial score (nSPS) is 17.1. The molecule has 1 aromatic rings. The van der Waals surface area contributed by atoms with E-state index in [2.05, 4.69) is 15.5 Å². The minimum Gasteiger partial charge on any atom is -0.444 e. The molecular weight excluding hydrogens is 401 g/mol. The predicted octanol–water partition coefficient (Wildman–Crippen LogP) is 4.56. The van der Waals surface area contributed by atoms with Gasteiger partial charge in [0, 0.05) is 6.54 Å². The Kier molecular flexibility index (Phi) is 7.98. The van der Waals surface area contributed by atoms with Gasteiger partial charge in [0.05, 0.1) is 21.8 Å². The molecule has 28 heavy (non-hydrogen) atoms. The molecular formula is C20H29Cl2N3O3. The summed E-state index contributed by atoms with van der Waals surface area (Å²) in [6.45, 7) is 9.57. The lowest BCUT2D eigenvalue weighted by atomic mass is 9.96. The van der Waals surface area contributed by atoms with E-state index in [9.17, 15) is 9.59 Å². The van der Waals surface area contributed by atoms with E-state index in [1.165, 1.54) is 0 Å². The smallest absolute Gasteiger partial charge is 0.407 e. The predicted molar refractivity (Wildman–Crippen MR) is 113 cm³/mol. The number of carbonyl (C=O) groups excluding carboxylic acids is 2. The highest BCUT2D eigenvalue weighted by Gasteiger charge is 2.27. The van der Waals surface area contributed by atoms with Gasteiger partial charge in [0.25, 0.3) is 0 Å². The molecule has 0 bridgehead atoms. The lowest BCUT2D eigenvalue weighted by Gasteiger charge is -2.35. The Labute approximate surface area is 176 Å². The van der Waals surface area contributed by atoms with Crippen molar-refractivity contribution < 1.29 is 14.3 Å². The van der Waals surface area contributed by atoms with E-state index in [-0.39, 0.29) is 18.0 Å². The number of rotatable bonds is 5. The lowest BCUT2D eigenvalue weighted by Crippen LogP contribution is -2.47. The Hall–Kier alpha value is -1.50. The molecule has 0 aliphatic carbocycles. The van der Waals surface area contributed by atoms with E-state index < -0.39 is 5.60 Å². The summed E-state index contributed by atoms with van der Waals surface area (Å²) in [6, 6.07) is 4.87. The molecule has 1 fully saturated rings. The average molecular weight is 430 g/mol. The molecule has 0 radical (unpaired) electrons. The number of likely N-dealkylation sites (tertiary alicyclic amines) is 1. The van der Waals surface area contributed by atoms with Gasteiger partial charge in [0.2, 0.25) is 5.91 Å². The van der Waals surface area contributed by atoms with Crippen LogP contribution in [-0.2, 0) is 9.53 Å². The molecule has 1 aliphatic heterocycles. The third kappa shape index (κ3) is 6.83. The number of alkyl carbamates (subject to hydrolysis) is 1. The van der Waals surface area contributed by atoms with Gasteiger partial charge in [-0.2, -0.15) is 0 Å². The number of anilines is 1. The Morgan fingerprint density at radius 3 is 2.50 bits per heavy atom. The number of hydrogen-bond donors (Lipinski definition) is 2. The monoisotopic (exact) mass is 429 g/mol. The van der Waals surface area contributed by atoms with Gasteiger partial charge in [-0.15, -0.1) is 0 Å². The van der Waals surface area contributed by atoms with Crippen molar-refractivity contribution in [3.63, 3.8) is 0 Å². The zero-order valence-corrected chi connectivity index (χ0v) is 18.4. The topological polar surface area (TPSA) is 70.7 Å². The van der Waals surface area contributed by atoms with Gasteiger partial charge >= 0.3 is 6.09 Å². The summed E-state index contributed by atoms with van der Waals surface area (Å²) >= 11 is 12.1. The molecule has 6 nitrogen and oxygen atoms in total. The summed E-state index contributed by atoms with van der Waals surface area (Å²) in [5, 5.41) is 6.44. The van der Waals surface area contributed by atoms with Crippen LogP contribution in [0.2, 0.25) is 10.0 Å². The zero-order valence-electron chi connectivity index (χ0n) is 16.9. The van der Waals surface area contributed by atoms with Crippen molar-refractivity contribution in [3.8, 4) is 0 Å². The number of amides is 2. The third-order valence-electron chi connectivity index (χ3n) is 4.72. The first-order chi connectivity index (χ1) is 13.1. The van der Waals surface area contributed by atoms with E-state index in [0.29, 0.717) is 28.2 Å². The highest BCUT2D eigenvalue weighted by atomic mass is 35.5. The fraction of sp³-hybridized carbons (Fsp3) is 0.600. The molecule has 0 saturated carbocycles. The lowest BCUT2D eigenvalue weighted by molar-refractivity contribution is -0.121. The zero-order chi connectivity index (χ0) is 20.9. The Morgan fingerprint density at radius 2 is 1.89 bits per heavy atom. The molecule has 156 valence electrons. The van der Waals surface area contributed by atoms with Crippen LogP contribution >= 0.6 is 23.2 Å². The molecule has 2 rings (SSSR count). The van der Waals surface area contributed by atoms with Gasteiger partial charge in [-0.3, -0.25) is 9.69 Å². The van der Waals surface area contributed by atoms with Crippen LogP contribution in [0, 0.1) is 5.92 Å². The SMILES string of the molecule is CC(C(=O)Nc1cccc(Cl)c1Cl)N1CCC(CNC(=O)OC(C)(C)C)CC1. The van der Waals surface area contributed by atoms with Crippen molar-refractivity contribution in [2.24, 2.45) is 5.92 Å². The van der Waals surface area contributed by atoms with Gasteiger partial charge in [-0.1, -0.05) is 29.3 Å². The molecule has 1 aliphatic rings. The van der Waals surface area contributed by atoms with Crippen LogP contribution in [0.15, 0.2) is 18.2 Å². The second-order valence-corrected chi connectivity index (χ2v) is 8.91. The van der Waals surface area contributed by atoms with Crippen LogP contribution in [-0.4, -0.2) is 48.2 Å². The maximum Gasteiger partial charge on any atom is 0.407 e. The number of halogens is 2. The van der Waals surface area contributed by atoms with Crippen molar-refractivity contribution in [2.45, 2.75) is 52.2 Å². The molecule has 1 unspecified atom stereocenters. The number of nitrogens with zero attached hydrogens (tertiary/aromatic N) is 1. The molecule has 1 saturated heterocycles. The third-order valence-corrected chi connectivity index (χ3v) is 5.54. The van der Waals surface area contributed by atoms with E-state index in [0.717, 1.165) is 25.9 Å². The van der Waals surface area contributed by atoms with E-state index in [4.69, 9.17) is 27.9 Å². The van der Waals surface area contributed by atoms with Gasteiger partial charge < -0.3 is 15.4 Å². The van der Waals surface area contributed by atoms with E-state index in [1.807, 2.05) is 27.7 Å². The number of hydrogen-bond acceptors (Lipinski definition) is 4. The fourth-order valence-electron chi connectivity index (χ4n) is 3.09. The standard InChI is InChI=1S/C20H29Cl2N3O3/c1-13(18(26)24-16-7-5-6-15(21)17(16)22)25-10-8-14(9-11-25)12-23-19(27)28-20(2,3)4/h5-7,13-14H,8-12H2,1-4H3,(H,23,27)(H,24,26). The van der Waals surface area contributed by atoms with Crippen molar-refractivity contribution in [1.82, 2.24) is 10.2 Å². The number of benzene rings is 1. The molecule has 0 spiro atoms. The van der Waals surface area contributed by atoms with Gasteiger partial charge in [-0.05, 0) is 71.7 Å². The minimum absolute atomic E-state index is 0.116. The summed E-state index contributed by atoms with van der Waals surface area (Å²) in [4.78, 5) is 26.5. The summed E-state index contributed by atoms with van der Waals surface area (Å²) in [5.41, 5.74) is 0.0183. The largest absolute Gasteiger partial charge is 0.444 e. The van der Waals surface area contributed by atoms with Crippen LogP contribution in [0.5, 0.6) is 0 Å². The molecule has 2 amide bonds. The molecule has 2 N–H and O–H groups in total. The minimum atomic E-state index is -0.498. The second-order valence-electron chi connectivity index (χ2n) is 8.13. The van der Waals surface area contributed by atoms with Crippen molar-refractivity contribution in [1.29, 1.82) is 0 Å². The van der Waals surface area contributed by atoms with Crippen LogP contribution in [0.3, 0.4) is 0 Å². The fourth-order valence-corrected chi connectivity index (χ4v) is 3.44. The van der Waals surface area contributed by atoms with Crippen LogP contribution in [0.25, 0.3) is 0 Å². The molecule has 1 atom stereocenters. The van der Waals surface area contributed by atoms with Crippen LogP contribution < -0.4 is 10.6 Å². The Morgan fingerprint density at radius 1 is 1.25 bits per heavy atom. The summed E-state index contributed by atoms with van der Waals surface area (Å²) in [6.07, 6.45) is 1.43. The number of piperidine rings is 1. The second kappa shape index (κ2) is 9.81. The van der Waals surface area contributed by atoms with Gasteiger partial charge in [0.1, 0.15) is 5.60 Å². The number of nitrogens with one attached hydrogen (secondary N) is 2. The van der Waals surface area contributed by atoms with Gasteiger partial charge in [-0.25, -0.2) is 4.79 Å². The molecule has 1 aromatic carbocycles. The highest BCUT2D eigenvalue weighted by Crippen LogP contribution is 2.30. The van der Waals surface area contributed by atoms with Gasteiger partial charge in [0.15, 0.2) is 0 Å². The molecule has 8 heteroatoms. The van der Waals surface area contributed by atoms with Crippen molar-refractivity contribution in [2.75, 3.05) is 25.0 Å². The van der Waals surface area contributed by atoms with Crippen molar-refractivity contribution in [3.05, 3.63) is 28.2 Å². The van der Waals surface area contributed by atoms with Crippen LogP contribution in [0.4, 0.5) is 10.5 Å².